The van der Waals surface area contributed by atoms with Crippen LogP contribution in [0.2, 0.25) is 0 Å². The summed E-state index contributed by atoms with van der Waals surface area (Å²) in [7, 11) is 1.67. The highest BCUT2D eigenvalue weighted by molar-refractivity contribution is 5.98. The van der Waals surface area contributed by atoms with Crippen molar-refractivity contribution in [1.82, 2.24) is 15.0 Å². The van der Waals surface area contributed by atoms with Crippen LogP contribution < -0.4 is 5.73 Å². The minimum absolute atomic E-state index is 0.0666. The Hall–Kier alpha value is -1.23. The summed E-state index contributed by atoms with van der Waals surface area (Å²) in [4.78, 5) is 13.1. The molecule has 13 heavy (non-hydrogen) atoms. The van der Waals surface area contributed by atoms with E-state index in [0.29, 0.717) is 12.2 Å². The van der Waals surface area contributed by atoms with Crippen molar-refractivity contribution in [3.63, 3.8) is 0 Å². The Balaban J connectivity index is 2.91. The second kappa shape index (κ2) is 3.26. The molecule has 0 saturated carbocycles. The number of carbonyl (C=O) groups is 1. The van der Waals surface area contributed by atoms with E-state index in [4.69, 9.17) is 5.73 Å². The smallest absolute Gasteiger partial charge is 0.191 e. The molecule has 0 aromatic carbocycles. The second-order valence-electron chi connectivity index (χ2n) is 3.64. The standard InChI is InChI=1S/C8H14N4O/c1-8(2,5-9)7(13)6-4-10-12(3)11-6/h4H,5,9H2,1-3H3. The fourth-order valence-electron chi connectivity index (χ4n) is 0.889. The summed E-state index contributed by atoms with van der Waals surface area (Å²) < 4.78 is 0. The fraction of sp³-hybridized carbons (Fsp3) is 0.625. The Kier molecular flexibility index (Phi) is 2.47. The molecule has 1 heterocycles. The summed E-state index contributed by atoms with van der Waals surface area (Å²) >= 11 is 0. The fourth-order valence-corrected chi connectivity index (χ4v) is 0.889. The Morgan fingerprint density at radius 3 is 2.69 bits per heavy atom. The van der Waals surface area contributed by atoms with Crippen LogP contribution in [-0.2, 0) is 7.05 Å². The number of aromatic nitrogens is 3. The largest absolute Gasteiger partial charge is 0.329 e. The molecule has 2 N–H and O–H groups in total. The van der Waals surface area contributed by atoms with E-state index in [0.717, 1.165) is 0 Å². The third-order valence-electron chi connectivity index (χ3n) is 1.96. The Labute approximate surface area is 76.9 Å². The Bertz CT molecular complexity index is 316. The summed E-state index contributed by atoms with van der Waals surface area (Å²) in [5.74, 6) is -0.0666. The zero-order valence-corrected chi connectivity index (χ0v) is 8.11. The molecule has 72 valence electrons. The highest BCUT2D eigenvalue weighted by Gasteiger charge is 2.28. The summed E-state index contributed by atoms with van der Waals surface area (Å²) in [6.07, 6.45) is 1.46. The zero-order chi connectivity index (χ0) is 10.1. The highest BCUT2D eigenvalue weighted by atomic mass is 16.1. The monoisotopic (exact) mass is 182 g/mol. The van der Waals surface area contributed by atoms with E-state index in [1.54, 1.807) is 20.9 Å². The summed E-state index contributed by atoms with van der Waals surface area (Å²) in [5.41, 5.74) is 5.29. The molecule has 1 aromatic heterocycles. The predicted octanol–water partition coefficient (Wildman–Crippen LogP) is -0.0173. The number of ketones is 1. The van der Waals surface area contributed by atoms with Crippen LogP contribution in [0.5, 0.6) is 0 Å². The Morgan fingerprint density at radius 1 is 1.69 bits per heavy atom. The lowest BCUT2D eigenvalue weighted by Gasteiger charge is -2.18. The summed E-state index contributed by atoms with van der Waals surface area (Å²) in [6, 6.07) is 0. The first-order valence-corrected chi connectivity index (χ1v) is 4.08. The van der Waals surface area contributed by atoms with Crippen molar-refractivity contribution in [2.24, 2.45) is 18.2 Å². The zero-order valence-electron chi connectivity index (χ0n) is 8.11. The van der Waals surface area contributed by atoms with E-state index in [-0.39, 0.29) is 5.78 Å². The van der Waals surface area contributed by atoms with Gasteiger partial charge in [0.1, 0.15) is 5.69 Å². The molecular formula is C8H14N4O. The van der Waals surface area contributed by atoms with Crippen molar-refractivity contribution in [3.8, 4) is 0 Å². The maximum Gasteiger partial charge on any atom is 0.191 e. The van der Waals surface area contributed by atoms with E-state index < -0.39 is 5.41 Å². The average Bonchev–Trinajstić information content (AvgIpc) is 2.50. The molecular weight excluding hydrogens is 168 g/mol. The quantitative estimate of drug-likeness (QED) is 0.667. The first-order valence-electron chi connectivity index (χ1n) is 4.08. The number of nitrogens with two attached hydrogens (primary N) is 1. The number of hydrogen-bond donors (Lipinski definition) is 1. The second-order valence-corrected chi connectivity index (χ2v) is 3.64. The van der Waals surface area contributed by atoms with Crippen molar-refractivity contribution in [1.29, 1.82) is 0 Å². The molecule has 0 aliphatic rings. The van der Waals surface area contributed by atoms with Gasteiger partial charge in [0.25, 0.3) is 0 Å². The van der Waals surface area contributed by atoms with Gasteiger partial charge in [-0.25, -0.2) is 0 Å². The van der Waals surface area contributed by atoms with Gasteiger partial charge >= 0.3 is 0 Å². The number of Topliss-reactive ketones (excluding diaryl/α,β-unsaturated/α-hetero) is 1. The molecule has 0 spiro atoms. The first kappa shape index (κ1) is 9.85. The average molecular weight is 182 g/mol. The molecule has 0 atom stereocenters. The van der Waals surface area contributed by atoms with Crippen LogP contribution in [0, 0.1) is 5.41 Å². The number of rotatable bonds is 3. The molecule has 0 aliphatic carbocycles. The van der Waals surface area contributed by atoms with Gasteiger partial charge in [0.2, 0.25) is 0 Å². The molecule has 0 amide bonds. The van der Waals surface area contributed by atoms with E-state index >= 15 is 0 Å². The van der Waals surface area contributed by atoms with Crippen molar-refractivity contribution in [2.75, 3.05) is 6.54 Å². The number of aryl methyl sites for hydroxylation is 1. The van der Waals surface area contributed by atoms with E-state index in [2.05, 4.69) is 10.2 Å². The molecule has 1 aromatic rings. The molecule has 0 radical (unpaired) electrons. The molecule has 0 bridgehead atoms. The number of nitrogens with zero attached hydrogens (tertiary/aromatic N) is 3. The van der Waals surface area contributed by atoms with Crippen LogP contribution in [0.25, 0.3) is 0 Å². The van der Waals surface area contributed by atoms with Gasteiger partial charge in [-0.3, -0.25) is 4.79 Å². The molecule has 0 fully saturated rings. The van der Waals surface area contributed by atoms with Crippen LogP contribution in [0.4, 0.5) is 0 Å². The van der Waals surface area contributed by atoms with Gasteiger partial charge in [0.15, 0.2) is 5.78 Å². The van der Waals surface area contributed by atoms with Crippen LogP contribution in [-0.4, -0.2) is 27.3 Å². The van der Waals surface area contributed by atoms with Crippen molar-refractivity contribution >= 4 is 5.78 Å². The lowest BCUT2D eigenvalue weighted by Crippen LogP contribution is -2.33. The van der Waals surface area contributed by atoms with E-state index in [1.165, 1.54) is 11.0 Å². The van der Waals surface area contributed by atoms with Gasteiger partial charge in [-0.2, -0.15) is 15.0 Å². The Morgan fingerprint density at radius 2 is 2.31 bits per heavy atom. The van der Waals surface area contributed by atoms with Crippen molar-refractivity contribution < 1.29 is 4.79 Å². The van der Waals surface area contributed by atoms with Crippen LogP contribution in [0.3, 0.4) is 0 Å². The van der Waals surface area contributed by atoms with Crippen molar-refractivity contribution in [3.05, 3.63) is 11.9 Å². The molecule has 0 saturated heterocycles. The van der Waals surface area contributed by atoms with Crippen LogP contribution >= 0.6 is 0 Å². The third kappa shape index (κ3) is 1.92. The van der Waals surface area contributed by atoms with Crippen LogP contribution in [0.15, 0.2) is 6.20 Å². The molecule has 0 aliphatic heterocycles. The van der Waals surface area contributed by atoms with Gasteiger partial charge in [-0.15, -0.1) is 0 Å². The first-order chi connectivity index (χ1) is 5.97. The lowest BCUT2D eigenvalue weighted by atomic mass is 9.87. The SMILES string of the molecule is Cn1ncc(C(=O)C(C)(C)CN)n1. The third-order valence-corrected chi connectivity index (χ3v) is 1.96. The topological polar surface area (TPSA) is 73.8 Å². The van der Waals surface area contributed by atoms with E-state index in [1.807, 2.05) is 0 Å². The summed E-state index contributed by atoms with van der Waals surface area (Å²) in [5, 5.41) is 7.75. The molecule has 0 unspecified atom stereocenters. The molecule has 5 nitrogen and oxygen atoms in total. The van der Waals surface area contributed by atoms with E-state index in [9.17, 15) is 4.79 Å². The van der Waals surface area contributed by atoms with Gasteiger partial charge in [-0.1, -0.05) is 13.8 Å². The van der Waals surface area contributed by atoms with Crippen LogP contribution in [0.1, 0.15) is 24.3 Å². The van der Waals surface area contributed by atoms with Gasteiger partial charge < -0.3 is 5.73 Å². The van der Waals surface area contributed by atoms with Gasteiger partial charge in [-0.05, 0) is 0 Å². The highest BCUT2D eigenvalue weighted by Crippen LogP contribution is 2.18. The maximum atomic E-state index is 11.7. The lowest BCUT2D eigenvalue weighted by molar-refractivity contribution is 0.0841. The van der Waals surface area contributed by atoms with Crippen molar-refractivity contribution in [2.45, 2.75) is 13.8 Å². The normalized spacial score (nSPS) is 11.7. The minimum Gasteiger partial charge on any atom is -0.329 e. The number of carbonyl (C=O) groups excluding carboxylic acids is 1. The molecule has 5 heteroatoms. The summed E-state index contributed by atoms with van der Waals surface area (Å²) in [6.45, 7) is 3.90. The minimum atomic E-state index is -0.559. The number of hydrogen-bond acceptors (Lipinski definition) is 4. The molecule has 1 rings (SSSR count). The maximum absolute atomic E-state index is 11.7. The predicted molar refractivity (Wildman–Crippen MR) is 48.2 cm³/mol. The van der Waals surface area contributed by atoms with Gasteiger partial charge in [0.05, 0.1) is 6.20 Å². The van der Waals surface area contributed by atoms with Gasteiger partial charge in [0, 0.05) is 19.0 Å².